The minimum absolute atomic E-state index is 0.0309. The van der Waals surface area contributed by atoms with Gasteiger partial charge in [0.25, 0.3) is 5.56 Å². The van der Waals surface area contributed by atoms with Gasteiger partial charge in [-0.25, -0.2) is 4.98 Å². The minimum atomic E-state index is -0.301. The van der Waals surface area contributed by atoms with Gasteiger partial charge >= 0.3 is 0 Å². The number of fused-ring (bicyclic) bond motifs is 3. The van der Waals surface area contributed by atoms with Crippen LogP contribution in [0.3, 0.4) is 0 Å². The fourth-order valence-electron chi connectivity index (χ4n) is 4.43. The van der Waals surface area contributed by atoms with Crippen LogP contribution in [0.15, 0.2) is 40.3 Å². The Bertz CT molecular complexity index is 1230. The lowest BCUT2D eigenvalue weighted by atomic mass is 9.72. The van der Waals surface area contributed by atoms with Gasteiger partial charge < -0.3 is 5.32 Å². The van der Waals surface area contributed by atoms with Gasteiger partial charge in [0.2, 0.25) is 5.91 Å². The lowest BCUT2D eigenvalue weighted by Crippen LogP contribution is -2.41. The summed E-state index contributed by atoms with van der Waals surface area (Å²) in [6.07, 6.45) is 3.02. The molecule has 1 atom stereocenters. The van der Waals surface area contributed by atoms with Crippen molar-refractivity contribution in [3.05, 3.63) is 51.1 Å². The smallest absolute Gasteiger partial charge is 0.267 e. The average Bonchev–Trinajstić information content (AvgIpc) is 3.09. The van der Waals surface area contributed by atoms with Crippen LogP contribution >= 0.6 is 23.1 Å². The third kappa shape index (κ3) is 5.19. The van der Waals surface area contributed by atoms with Crippen molar-refractivity contribution >= 4 is 39.2 Å². The molecule has 1 N–H and O–H groups in total. The zero-order chi connectivity index (χ0) is 24.0. The van der Waals surface area contributed by atoms with Crippen LogP contribution in [-0.4, -0.2) is 26.8 Å². The van der Waals surface area contributed by atoms with E-state index in [4.69, 9.17) is 4.98 Å². The highest BCUT2D eigenvalue weighted by Gasteiger charge is 2.32. The normalized spacial score (nSPS) is 16.6. The Morgan fingerprint density at radius 3 is 2.52 bits per heavy atom. The lowest BCUT2D eigenvalue weighted by Gasteiger charge is -2.33. The fraction of sp³-hybridized carbons (Fsp3) is 0.500. The maximum atomic E-state index is 13.9. The lowest BCUT2D eigenvalue weighted by molar-refractivity contribution is -0.119. The molecular formula is C26H33N3O2S2. The molecule has 4 rings (SSSR count). The van der Waals surface area contributed by atoms with Crippen LogP contribution in [0.4, 0.5) is 0 Å². The van der Waals surface area contributed by atoms with Crippen molar-refractivity contribution in [3.63, 3.8) is 0 Å². The topological polar surface area (TPSA) is 64.0 Å². The Morgan fingerprint density at radius 2 is 1.88 bits per heavy atom. The van der Waals surface area contributed by atoms with E-state index in [2.05, 4.69) is 26.1 Å². The summed E-state index contributed by atoms with van der Waals surface area (Å²) in [5.41, 5.74) is 1.87. The van der Waals surface area contributed by atoms with Crippen LogP contribution < -0.4 is 10.9 Å². The van der Waals surface area contributed by atoms with E-state index in [0.717, 1.165) is 35.2 Å². The number of thioether (sulfide) groups is 1. The number of carbonyl (C=O) groups is 1. The van der Waals surface area contributed by atoms with Gasteiger partial charge in [-0.3, -0.25) is 14.2 Å². The second-order valence-electron chi connectivity index (χ2n) is 10.9. The Balaban J connectivity index is 1.79. The molecule has 7 heteroatoms. The van der Waals surface area contributed by atoms with Crippen LogP contribution in [-0.2, 0) is 17.6 Å². The predicted octanol–water partition coefficient (Wildman–Crippen LogP) is 5.61. The van der Waals surface area contributed by atoms with Gasteiger partial charge in [0.1, 0.15) is 4.83 Å². The standard InChI is InChI=1S/C26H33N3O2S2/c1-25(2,3)16-12-13-18-19(14-16)33-22-21(18)23(31)29(17-10-8-7-9-11-17)24(27-22)32-15-20(30)28-26(4,5)6/h7-11,16H,12-15H2,1-6H3,(H,28,30)/t16-/m0/s1. The SMILES string of the molecule is CC(C)(C)NC(=O)CSc1nc2sc3c(c2c(=O)n1-c1ccccc1)CC[C@H](C(C)(C)C)C3. The van der Waals surface area contributed by atoms with Crippen LogP contribution in [0.1, 0.15) is 58.4 Å². The van der Waals surface area contributed by atoms with Gasteiger partial charge in [0, 0.05) is 10.4 Å². The highest BCUT2D eigenvalue weighted by Crippen LogP contribution is 2.42. The van der Waals surface area contributed by atoms with Gasteiger partial charge in [0.05, 0.1) is 16.8 Å². The first kappa shape index (κ1) is 24.0. The highest BCUT2D eigenvalue weighted by molar-refractivity contribution is 7.99. The van der Waals surface area contributed by atoms with Gasteiger partial charge in [-0.05, 0) is 69.1 Å². The number of aromatic nitrogens is 2. The van der Waals surface area contributed by atoms with E-state index in [9.17, 15) is 9.59 Å². The number of hydrogen-bond donors (Lipinski definition) is 1. The largest absolute Gasteiger partial charge is 0.351 e. The highest BCUT2D eigenvalue weighted by atomic mass is 32.2. The zero-order valence-electron chi connectivity index (χ0n) is 20.3. The molecule has 2 heterocycles. The summed E-state index contributed by atoms with van der Waals surface area (Å²) in [6, 6.07) is 9.61. The number of benzene rings is 1. The van der Waals surface area contributed by atoms with Crippen molar-refractivity contribution in [3.8, 4) is 5.69 Å². The first-order chi connectivity index (χ1) is 15.4. The van der Waals surface area contributed by atoms with Gasteiger partial charge in [-0.2, -0.15) is 0 Å². The average molecular weight is 484 g/mol. The summed E-state index contributed by atoms with van der Waals surface area (Å²) in [7, 11) is 0. The maximum Gasteiger partial charge on any atom is 0.267 e. The molecule has 1 amide bonds. The molecule has 1 aromatic carbocycles. The van der Waals surface area contributed by atoms with Gasteiger partial charge in [-0.1, -0.05) is 50.7 Å². The van der Waals surface area contributed by atoms with E-state index in [0.29, 0.717) is 11.1 Å². The summed E-state index contributed by atoms with van der Waals surface area (Å²) in [6.45, 7) is 12.8. The molecule has 176 valence electrons. The van der Waals surface area contributed by atoms with Crippen LogP contribution in [0.2, 0.25) is 0 Å². The minimum Gasteiger partial charge on any atom is -0.351 e. The maximum absolute atomic E-state index is 13.9. The fourth-order valence-corrected chi connectivity index (χ4v) is 6.58. The first-order valence-corrected chi connectivity index (χ1v) is 13.3. The molecule has 0 radical (unpaired) electrons. The number of nitrogens with zero attached hydrogens (tertiary/aromatic N) is 2. The summed E-state index contributed by atoms with van der Waals surface area (Å²) >= 11 is 2.97. The second-order valence-corrected chi connectivity index (χ2v) is 13.0. The van der Waals surface area contributed by atoms with Crippen molar-refractivity contribution in [2.75, 3.05) is 5.75 Å². The van der Waals surface area contributed by atoms with Crippen molar-refractivity contribution in [1.29, 1.82) is 0 Å². The molecule has 0 saturated carbocycles. The molecule has 33 heavy (non-hydrogen) atoms. The van der Waals surface area contributed by atoms with Crippen molar-refractivity contribution in [2.45, 2.75) is 71.5 Å². The molecule has 0 spiro atoms. The first-order valence-electron chi connectivity index (χ1n) is 11.5. The van der Waals surface area contributed by atoms with E-state index >= 15 is 0 Å². The third-order valence-corrected chi connectivity index (χ3v) is 8.22. The molecule has 1 aliphatic rings. The number of carbonyl (C=O) groups excluding carboxylic acids is 1. The third-order valence-electron chi connectivity index (χ3n) is 6.14. The number of rotatable bonds is 4. The molecule has 0 fully saturated rings. The van der Waals surface area contributed by atoms with Crippen molar-refractivity contribution < 1.29 is 4.79 Å². The molecule has 5 nitrogen and oxygen atoms in total. The van der Waals surface area contributed by atoms with E-state index in [1.807, 2.05) is 51.1 Å². The molecular weight excluding hydrogens is 450 g/mol. The van der Waals surface area contributed by atoms with Crippen LogP contribution in [0.25, 0.3) is 15.9 Å². The number of hydrogen-bond acceptors (Lipinski definition) is 5. The number of aryl methyl sites for hydroxylation is 1. The molecule has 0 aliphatic heterocycles. The Labute approximate surface area is 204 Å². The Hall–Kier alpha value is -2.12. The molecule has 3 aromatic rings. The summed E-state index contributed by atoms with van der Waals surface area (Å²) in [4.78, 5) is 33.4. The molecule has 0 saturated heterocycles. The number of nitrogens with one attached hydrogen (secondary N) is 1. The van der Waals surface area contributed by atoms with Crippen molar-refractivity contribution in [1.82, 2.24) is 14.9 Å². The quantitative estimate of drug-likeness (QED) is 0.387. The number of para-hydroxylation sites is 1. The summed E-state index contributed by atoms with van der Waals surface area (Å²) in [5, 5.41) is 4.31. The van der Waals surface area contributed by atoms with E-state index in [-0.39, 0.29) is 28.2 Å². The Morgan fingerprint density at radius 1 is 1.18 bits per heavy atom. The monoisotopic (exact) mass is 483 g/mol. The Kier molecular flexibility index (Phi) is 6.49. The summed E-state index contributed by atoms with van der Waals surface area (Å²) < 4.78 is 1.68. The van der Waals surface area contributed by atoms with Crippen LogP contribution in [0.5, 0.6) is 0 Å². The second kappa shape index (κ2) is 8.91. The predicted molar refractivity (Wildman–Crippen MR) is 139 cm³/mol. The molecule has 2 aromatic heterocycles. The zero-order valence-corrected chi connectivity index (χ0v) is 22.0. The van der Waals surface area contributed by atoms with Gasteiger partial charge in [0.15, 0.2) is 5.16 Å². The van der Waals surface area contributed by atoms with Crippen molar-refractivity contribution in [2.24, 2.45) is 11.3 Å². The van der Waals surface area contributed by atoms with Gasteiger partial charge in [-0.15, -0.1) is 11.3 Å². The van der Waals surface area contributed by atoms with E-state index < -0.39 is 0 Å². The molecule has 0 bridgehead atoms. The number of thiophene rings is 1. The molecule has 0 unspecified atom stereocenters. The number of amides is 1. The van der Waals surface area contributed by atoms with E-state index in [1.165, 1.54) is 22.2 Å². The van der Waals surface area contributed by atoms with E-state index in [1.54, 1.807) is 15.9 Å². The molecule has 1 aliphatic carbocycles. The summed E-state index contributed by atoms with van der Waals surface area (Å²) in [5.74, 6) is 0.739. The van der Waals surface area contributed by atoms with Crippen LogP contribution in [0, 0.1) is 11.3 Å².